The number of ether oxygens (including phenoxy) is 1. The summed E-state index contributed by atoms with van der Waals surface area (Å²) in [6.07, 6.45) is 6.50. The van der Waals surface area contributed by atoms with Gasteiger partial charge < -0.3 is 4.74 Å². The van der Waals surface area contributed by atoms with Crippen LogP contribution in [-0.4, -0.2) is 23.9 Å². The Labute approximate surface area is 95.3 Å². The lowest BCUT2D eigenvalue weighted by Gasteiger charge is -2.09. The monoisotopic (exact) mass is 270 g/mol. The van der Waals surface area contributed by atoms with Gasteiger partial charge in [0, 0.05) is 10.7 Å². The summed E-state index contributed by atoms with van der Waals surface area (Å²) in [5.74, 6) is 0.593. The van der Waals surface area contributed by atoms with Crippen LogP contribution in [0.5, 0.6) is 0 Å². The van der Waals surface area contributed by atoms with Gasteiger partial charge >= 0.3 is 0 Å². The van der Waals surface area contributed by atoms with E-state index >= 15 is 0 Å². The minimum Gasteiger partial charge on any atom is -0.379 e. The van der Waals surface area contributed by atoms with Crippen LogP contribution in [-0.2, 0) is 4.74 Å². The lowest BCUT2D eigenvalue weighted by molar-refractivity contribution is 0.149. The summed E-state index contributed by atoms with van der Waals surface area (Å²) in [4.78, 5) is 0.507. The van der Waals surface area contributed by atoms with E-state index in [1.807, 2.05) is 0 Å². The van der Waals surface area contributed by atoms with E-state index in [-0.39, 0.29) is 0 Å². The van der Waals surface area contributed by atoms with Crippen LogP contribution >= 0.6 is 27.5 Å². The van der Waals surface area contributed by atoms with Crippen molar-refractivity contribution in [2.24, 2.45) is 0 Å². The number of halogens is 2. The van der Waals surface area contributed by atoms with Crippen molar-refractivity contribution in [2.45, 2.75) is 43.9 Å². The van der Waals surface area contributed by atoms with E-state index in [1.165, 1.54) is 32.1 Å². The molecule has 0 amide bonds. The highest BCUT2D eigenvalue weighted by atomic mass is 79.9. The first-order valence-electron chi connectivity index (χ1n) is 5.09. The maximum Gasteiger partial charge on any atom is 0.0602 e. The zero-order valence-electron chi connectivity index (χ0n) is 8.40. The van der Waals surface area contributed by atoms with E-state index in [4.69, 9.17) is 16.3 Å². The minimum absolute atomic E-state index is 0.507. The van der Waals surface area contributed by atoms with E-state index in [0.29, 0.717) is 17.3 Å². The maximum atomic E-state index is 5.49. The van der Waals surface area contributed by atoms with Gasteiger partial charge in [0.1, 0.15) is 0 Å². The van der Waals surface area contributed by atoms with Gasteiger partial charge in [-0.05, 0) is 6.42 Å². The van der Waals surface area contributed by atoms with Crippen LogP contribution in [0.25, 0.3) is 0 Å². The molecule has 0 rings (SSSR count). The van der Waals surface area contributed by atoms with Crippen molar-refractivity contribution in [3.05, 3.63) is 0 Å². The van der Waals surface area contributed by atoms with Gasteiger partial charge in [0.25, 0.3) is 0 Å². The van der Waals surface area contributed by atoms with Crippen molar-refractivity contribution in [3.63, 3.8) is 0 Å². The summed E-state index contributed by atoms with van der Waals surface area (Å²) in [6, 6.07) is 0. The molecule has 0 fully saturated rings. The van der Waals surface area contributed by atoms with Gasteiger partial charge in [0.2, 0.25) is 0 Å². The molecule has 0 saturated heterocycles. The van der Waals surface area contributed by atoms with E-state index in [1.54, 1.807) is 0 Å². The molecule has 13 heavy (non-hydrogen) atoms. The fourth-order valence-corrected chi connectivity index (χ4v) is 1.76. The number of alkyl halides is 2. The first kappa shape index (κ1) is 13.7. The Morgan fingerprint density at radius 2 is 2.08 bits per heavy atom. The zero-order chi connectivity index (χ0) is 9.94. The average molecular weight is 272 g/mol. The fourth-order valence-electron chi connectivity index (χ4n) is 1.14. The van der Waals surface area contributed by atoms with Gasteiger partial charge in [0.05, 0.1) is 13.2 Å². The van der Waals surface area contributed by atoms with Crippen molar-refractivity contribution in [3.8, 4) is 0 Å². The van der Waals surface area contributed by atoms with Crippen LogP contribution in [0.1, 0.15) is 39.0 Å². The van der Waals surface area contributed by atoms with Crippen LogP contribution in [0.4, 0.5) is 0 Å². The van der Waals surface area contributed by atoms with Gasteiger partial charge in [-0.25, -0.2) is 0 Å². The molecule has 0 N–H and O–H groups in total. The third-order valence-corrected chi connectivity index (χ3v) is 2.77. The highest BCUT2D eigenvalue weighted by Gasteiger charge is 2.02. The number of rotatable bonds is 9. The smallest absolute Gasteiger partial charge is 0.0602 e. The Hall–Kier alpha value is 0.730. The molecule has 3 heteroatoms. The number of unbranched alkanes of at least 4 members (excludes halogenated alkanes) is 3. The second-order valence-corrected chi connectivity index (χ2v) is 4.88. The standard InChI is InChI=1S/C10H20BrClO/c1-2-3-4-5-6-10(11)9-13-8-7-12/h10H,2-9H2,1H3. The molecule has 0 aromatic carbocycles. The molecule has 1 nitrogen and oxygen atoms in total. The van der Waals surface area contributed by atoms with Crippen molar-refractivity contribution >= 4 is 27.5 Å². The van der Waals surface area contributed by atoms with Crippen LogP contribution in [0.2, 0.25) is 0 Å². The Bertz CT molecular complexity index is 101. The molecule has 0 radical (unpaired) electrons. The Morgan fingerprint density at radius 3 is 2.69 bits per heavy atom. The zero-order valence-corrected chi connectivity index (χ0v) is 10.7. The highest BCUT2D eigenvalue weighted by Crippen LogP contribution is 2.12. The van der Waals surface area contributed by atoms with E-state index in [9.17, 15) is 0 Å². The van der Waals surface area contributed by atoms with Crippen LogP contribution in [0.3, 0.4) is 0 Å². The summed E-state index contributed by atoms with van der Waals surface area (Å²) in [5.41, 5.74) is 0. The van der Waals surface area contributed by atoms with Gasteiger partial charge in [-0.2, -0.15) is 0 Å². The Balaban J connectivity index is 3.05. The first-order valence-corrected chi connectivity index (χ1v) is 6.54. The van der Waals surface area contributed by atoms with E-state index in [2.05, 4.69) is 22.9 Å². The average Bonchev–Trinajstić information content (AvgIpc) is 2.13. The van der Waals surface area contributed by atoms with E-state index < -0.39 is 0 Å². The normalized spacial score (nSPS) is 13.2. The third kappa shape index (κ3) is 10.7. The highest BCUT2D eigenvalue weighted by molar-refractivity contribution is 9.09. The second-order valence-electron chi connectivity index (χ2n) is 3.21. The summed E-state index contributed by atoms with van der Waals surface area (Å²) >= 11 is 9.08. The molecular formula is C10H20BrClO. The molecule has 0 saturated carbocycles. The third-order valence-electron chi connectivity index (χ3n) is 1.89. The summed E-state index contributed by atoms with van der Waals surface area (Å²) < 4.78 is 5.32. The van der Waals surface area contributed by atoms with Gasteiger partial charge in [0.15, 0.2) is 0 Å². The fraction of sp³-hybridized carbons (Fsp3) is 1.00. The molecule has 1 atom stereocenters. The van der Waals surface area contributed by atoms with Crippen LogP contribution in [0, 0.1) is 0 Å². The molecule has 0 aliphatic heterocycles. The summed E-state index contributed by atoms with van der Waals surface area (Å²) in [5, 5.41) is 0. The minimum atomic E-state index is 0.507. The number of hydrogen-bond acceptors (Lipinski definition) is 1. The molecule has 80 valence electrons. The molecule has 0 bridgehead atoms. The van der Waals surface area contributed by atoms with Crippen molar-refractivity contribution in [1.82, 2.24) is 0 Å². The van der Waals surface area contributed by atoms with Crippen molar-refractivity contribution < 1.29 is 4.74 Å². The van der Waals surface area contributed by atoms with Crippen molar-refractivity contribution in [2.75, 3.05) is 19.1 Å². The van der Waals surface area contributed by atoms with Gasteiger partial charge in [-0.3, -0.25) is 0 Å². The SMILES string of the molecule is CCCCCCC(Br)COCCCl. The van der Waals surface area contributed by atoms with Gasteiger partial charge in [-0.1, -0.05) is 48.5 Å². The molecular weight excluding hydrogens is 251 g/mol. The topological polar surface area (TPSA) is 9.23 Å². The Kier molecular flexibility index (Phi) is 11.4. The summed E-state index contributed by atoms with van der Waals surface area (Å²) in [7, 11) is 0. The molecule has 0 aromatic heterocycles. The van der Waals surface area contributed by atoms with E-state index in [0.717, 1.165) is 6.61 Å². The predicted molar refractivity (Wildman–Crippen MR) is 63.0 cm³/mol. The van der Waals surface area contributed by atoms with Crippen molar-refractivity contribution in [1.29, 1.82) is 0 Å². The molecule has 0 aliphatic rings. The van der Waals surface area contributed by atoms with Crippen LogP contribution < -0.4 is 0 Å². The first-order chi connectivity index (χ1) is 6.31. The molecule has 0 heterocycles. The predicted octanol–water partition coefficient (Wildman–Crippen LogP) is 3.98. The number of hydrogen-bond donors (Lipinski definition) is 0. The summed E-state index contributed by atoms with van der Waals surface area (Å²) in [6.45, 7) is 3.69. The van der Waals surface area contributed by atoms with Gasteiger partial charge in [-0.15, -0.1) is 11.6 Å². The lowest BCUT2D eigenvalue weighted by atomic mass is 10.1. The maximum absolute atomic E-state index is 5.49. The Morgan fingerprint density at radius 1 is 1.31 bits per heavy atom. The molecule has 0 aliphatic carbocycles. The quantitative estimate of drug-likeness (QED) is 0.455. The molecule has 0 aromatic rings. The second kappa shape index (κ2) is 10.8. The lowest BCUT2D eigenvalue weighted by Crippen LogP contribution is -2.09. The molecule has 1 unspecified atom stereocenters. The molecule has 0 spiro atoms. The van der Waals surface area contributed by atoms with Crippen LogP contribution in [0.15, 0.2) is 0 Å². The largest absolute Gasteiger partial charge is 0.379 e.